The summed E-state index contributed by atoms with van der Waals surface area (Å²) >= 11 is 0. The standard InChI is InChI=1S/C31H57NO4/c1-3-5-7-9-11-13-14-15-16-17-18-20-21-23-25-29(34)28(27-33)32-31(36)30(35)26-24-22-19-12-10-8-6-4-2/h13-14,17-18,23,25,28-30,33-35H,3-12,15-16,19-22,24,26-27H2,1-2H3,(H,32,36)/b14-13+,18-17+,25-23+. The van der Waals surface area contributed by atoms with Crippen molar-refractivity contribution >= 4 is 5.91 Å². The van der Waals surface area contributed by atoms with Gasteiger partial charge in [0, 0.05) is 0 Å². The smallest absolute Gasteiger partial charge is 0.249 e. The minimum absolute atomic E-state index is 0.381. The molecular weight excluding hydrogens is 450 g/mol. The summed E-state index contributed by atoms with van der Waals surface area (Å²) in [6, 6.07) is -0.814. The second-order valence-electron chi connectivity index (χ2n) is 9.94. The van der Waals surface area contributed by atoms with Gasteiger partial charge in [-0.2, -0.15) is 0 Å². The van der Waals surface area contributed by atoms with Gasteiger partial charge >= 0.3 is 0 Å². The summed E-state index contributed by atoms with van der Waals surface area (Å²) in [6.45, 7) is 4.06. The van der Waals surface area contributed by atoms with Crippen molar-refractivity contribution in [3.8, 4) is 0 Å². The number of hydrogen-bond donors (Lipinski definition) is 4. The number of hydrogen-bond acceptors (Lipinski definition) is 4. The summed E-state index contributed by atoms with van der Waals surface area (Å²) in [7, 11) is 0. The van der Waals surface area contributed by atoms with E-state index < -0.39 is 24.2 Å². The minimum Gasteiger partial charge on any atom is -0.394 e. The summed E-state index contributed by atoms with van der Waals surface area (Å²) in [6.07, 6.45) is 30.1. The predicted molar refractivity (Wildman–Crippen MR) is 153 cm³/mol. The van der Waals surface area contributed by atoms with Crippen molar-refractivity contribution in [2.45, 2.75) is 148 Å². The van der Waals surface area contributed by atoms with Crippen molar-refractivity contribution in [1.82, 2.24) is 5.32 Å². The van der Waals surface area contributed by atoms with Crippen LogP contribution >= 0.6 is 0 Å². The Morgan fingerprint density at radius 1 is 0.667 bits per heavy atom. The van der Waals surface area contributed by atoms with Crippen LogP contribution in [0.3, 0.4) is 0 Å². The van der Waals surface area contributed by atoms with Crippen LogP contribution in [0.25, 0.3) is 0 Å². The Bertz CT molecular complexity index is 573. The highest BCUT2D eigenvalue weighted by molar-refractivity contribution is 5.80. The first kappa shape index (κ1) is 34.6. The molecule has 0 fully saturated rings. The molecule has 0 aromatic rings. The molecule has 1 amide bonds. The molecule has 4 N–H and O–H groups in total. The number of amides is 1. The average molecular weight is 508 g/mol. The van der Waals surface area contributed by atoms with E-state index in [9.17, 15) is 20.1 Å². The van der Waals surface area contributed by atoms with E-state index in [-0.39, 0.29) is 6.61 Å². The quantitative estimate of drug-likeness (QED) is 0.0798. The molecule has 0 bridgehead atoms. The maximum Gasteiger partial charge on any atom is 0.249 e. The van der Waals surface area contributed by atoms with Gasteiger partial charge in [-0.15, -0.1) is 0 Å². The zero-order valence-electron chi connectivity index (χ0n) is 23.4. The Labute approximate surface area is 222 Å². The van der Waals surface area contributed by atoms with Gasteiger partial charge in [0.15, 0.2) is 0 Å². The van der Waals surface area contributed by atoms with Crippen LogP contribution in [0.2, 0.25) is 0 Å². The summed E-state index contributed by atoms with van der Waals surface area (Å²) < 4.78 is 0. The van der Waals surface area contributed by atoms with Gasteiger partial charge in [-0.25, -0.2) is 0 Å². The zero-order chi connectivity index (χ0) is 26.7. The molecule has 0 saturated carbocycles. The molecule has 0 spiro atoms. The van der Waals surface area contributed by atoms with Gasteiger partial charge in [-0.05, 0) is 44.9 Å². The van der Waals surface area contributed by atoms with E-state index in [1.807, 2.05) is 6.08 Å². The first-order valence-electron chi connectivity index (χ1n) is 14.8. The van der Waals surface area contributed by atoms with Crippen molar-refractivity contribution in [1.29, 1.82) is 0 Å². The van der Waals surface area contributed by atoms with Gasteiger partial charge in [0.2, 0.25) is 5.91 Å². The van der Waals surface area contributed by atoms with E-state index in [1.54, 1.807) is 6.08 Å². The van der Waals surface area contributed by atoms with Crippen molar-refractivity contribution in [3.63, 3.8) is 0 Å². The van der Waals surface area contributed by atoms with E-state index in [4.69, 9.17) is 0 Å². The molecule has 5 nitrogen and oxygen atoms in total. The van der Waals surface area contributed by atoms with Crippen LogP contribution in [0.4, 0.5) is 0 Å². The fourth-order valence-electron chi connectivity index (χ4n) is 4.04. The van der Waals surface area contributed by atoms with Crippen molar-refractivity contribution in [3.05, 3.63) is 36.5 Å². The number of nitrogens with one attached hydrogen (secondary N) is 1. The third-order valence-electron chi connectivity index (χ3n) is 6.46. The lowest BCUT2D eigenvalue weighted by Gasteiger charge is -2.21. The molecule has 3 unspecified atom stereocenters. The second-order valence-corrected chi connectivity index (χ2v) is 9.94. The summed E-state index contributed by atoms with van der Waals surface area (Å²) in [4.78, 5) is 12.2. The van der Waals surface area contributed by atoms with E-state index in [1.165, 1.54) is 64.2 Å². The van der Waals surface area contributed by atoms with Crippen LogP contribution in [-0.4, -0.2) is 46.1 Å². The van der Waals surface area contributed by atoms with Crippen LogP contribution < -0.4 is 5.32 Å². The van der Waals surface area contributed by atoms with Crippen LogP contribution in [0.5, 0.6) is 0 Å². The summed E-state index contributed by atoms with van der Waals surface area (Å²) in [5.74, 6) is -0.526. The Kier molecular flexibility index (Phi) is 25.6. The molecule has 0 rings (SSSR count). The summed E-state index contributed by atoms with van der Waals surface area (Å²) in [5.41, 5.74) is 0. The van der Waals surface area contributed by atoms with Gasteiger partial charge in [0.25, 0.3) is 0 Å². The lowest BCUT2D eigenvalue weighted by molar-refractivity contribution is -0.131. The molecule has 0 aliphatic rings. The predicted octanol–water partition coefficient (Wildman–Crippen LogP) is 6.92. The molecule has 0 aromatic heterocycles. The lowest BCUT2D eigenvalue weighted by atomic mass is 10.0. The third-order valence-corrected chi connectivity index (χ3v) is 6.46. The number of carbonyl (C=O) groups excluding carboxylic acids is 1. The Morgan fingerprint density at radius 3 is 1.69 bits per heavy atom. The fourth-order valence-corrected chi connectivity index (χ4v) is 4.04. The molecule has 3 atom stereocenters. The second kappa shape index (κ2) is 26.6. The lowest BCUT2D eigenvalue weighted by Crippen LogP contribution is -2.48. The first-order valence-corrected chi connectivity index (χ1v) is 14.8. The zero-order valence-corrected chi connectivity index (χ0v) is 23.4. The minimum atomic E-state index is -1.10. The van der Waals surface area contributed by atoms with Crippen molar-refractivity contribution in [2.24, 2.45) is 0 Å². The molecule has 36 heavy (non-hydrogen) atoms. The van der Waals surface area contributed by atoms with Crippen molar-refractivity contribution in [2.75, 3.05) is 6.61 Å². The number of rotatable bonds is 25. The molecule has 210 valence electrons. The molecule has 0 aliphatic carbocycles. The molecule has 0 aliphatic heterocycles. The van der Waals surface area contributed by atoms with Gasteiger partial charge in [-0.1, -0.05) is 121 Å². The van der Waals surface area contributed by atoms with Gasteiger partial charge in [-0.3, -0.25) is 4.79 Å². The number of unbranched alkanes of at least 4 members (excludes halogenated alkanes) is 13. The molecule has 5 heteroatoms. The van der Waals surface area contributed by atoms with Crippen LogP contribution in [-0.2, 0) is 4.79 Å². The molecular formula is C31H57NO4. The SMILES string of the molecule is CCCCCC/C=C/CC/C=C/CC/C=C/C(O)C(CO)NC(=O)C(O)CCCCCCCCCC. The highest BCUT2D eigenvalue weighted by Gasteiger charge is 2.22. The fraction of sp³-hybridized carbons (Fsp3) is 0.774. The topological polar surface area (TPSA) is 89.8 Å². The van der Waals surface area contributed by atoms with Gasteiger partial charge < -0.3 is 20.6 Å². The van der Waals surface area contributed by atoms with Gasteiger partial charge in [0.1, 0.15) is 6.10 Å². The van der Waals surface area contributed by atoms with Crippen LogP contribution in [0.1, 0.15) is 129 Å². The molecule has 0 heterocycles. The van der Waals surface area contributed by atoms with E-state index >= 15 is 0 Å². The normalized spacial score (nSPS) is 14.7. The van der Waals surface area contributed by atoms with Gasteiger partial charge in [0.05, 0.1) is 18.8 Å². The summed E-state index contributed by atoms with van der Waals surface area (Å²) in [5, 5.41) is 32.6. The molecule has 0 aromatic carbocycles. The number of aliphatic hydroxyl groups excluding tert-OH is 3. The number of aliphatic hydroxyl groups is 3. The van der Waals surface area contributed by atoms with E-state index in [0.717, 1.165) is 44.9 Å². The maximum absolute atomic E-state index is 12.2. The van der Waals surface area contributed by atoms with Crippen LogP contribution in [0.15, 0.2) is 36.5 Å². The van der Waals surface area contributed by atoms with Crippen LogP contribution in [0, 0.1) is 0 Å². The Hall–Kier alpha value is -1.43. The molecule has 0 saturated heterocycles. The number of carbonyl (C=O) groups is 1. The third kappa shape index (κ3) is 21.8. The van der Waals surface area contributed by atoms with E-state index in [2.05, 4.69) is 43.5 Å². The first-order chi connectivity index (χ1) is 17.6. The van der Waals surface area contributed by atoms with E-state index in [0.29, 0.717) is 6.42 Å². The maximum atomic E-state index is 12.2. The Balaban J connectivity index is 3.95. The molecule has 0 radical (unpaired) electrons. The largest absolute Gasteiger partial charge is 0.394 e. The average Bonchev–Trinajstić information content (AvgIpc) is 2.88. The highest BCUT2D eigenvalue weighted by Crippen LogP contribution is 2.11. The van der Waals surface area contributed by atoms with Crippen molar-refractivity contribution < 1.29 is 20.1 Å². The monoisotopic (exact) mass is 507 g/mol. The number of allylic oxidation sites excluding steroid dienone is 5. The highest BCUT2D eigenvalue weighted by atomic mass is 16.3. The Morgan fingerprint density at radius 2 is 1.14 bits per heavy atom.